The summed E-state index contributed by atoms with van der Waals surface area (Å²) in [4.78, 5) is 1.89. The van der Waals surface area contributed by atoms with Crippen LogP contribution in [0, 0.1) is 0 Å². The molecule has 0 spiro atoms. The molecule has 0 aromatic rings. The molecular weight excluding hydrogens is 169 g/mol. The molecule has 1 saturated heterocycles. The molecule has 1 rings (SSSR count). The van der Waals surface area contributed by atoms with E-state index in [0.29, 0.717) is 0 Å². The Balaban J connectivity index is 2.50. The predicted octanol–water partition coefficient (Wildman–Crippen LogP) is 0.380. The molecule has 0 radical (unpaired) electrons. The highest BCUT2D eigenvalue weighted by Crippen LogP contribution is 2.16. The van der Waals surface area contributed by atoms with Crippen molar-refractivity contribution >= 4 is 10.2 Å². The van der Waals surface area contributed by atoms with Crippen LogP contribution >= 0.6 is 0 Å². The maximum absolute atomic E-state index is 12.2. The fraction of sp³-hybridized carbons (Fsp3) is 1.00. The Morgan fingerprint density at radius 3 is 2.64 bits per heavy atom. The molecule has 0 aromatic heterocycles. The lowest BCUT2D eigenvalue weighted by Crippen LogP contribution is -2.30. The van der Waals surface area contributed by atoms with Gasteiger partial charge in [0.15, 0.2) is 0 Å². The van der Waals surface area contributed by atoms with E-state index in [2.05, 4.69) is 0 Å². The van der Waals surface area contributed by atoms with Gasteiger partial charge in [-0.25, -0.2) is 0 Å². The quantitative estimate of drug-likeness (QED) is 0.578. The van der Waals surface area contributed by atoms with E-state index in [1.165, 1.54) is 0 Å². The Labute approximate surface area is 66.4 Å². The molecule has 0 aliphatic carbocycles. The van der Waals surface area contributed by atoms with E-state index >= 15 is 0 Å². The Morgan fingerprint density at radius 1 is 1.64 bits per heavy atom. The molecule has 1 fully saturated rings. The van der Waals surface area contributed by atoms with Crippen molar-refractivity contribution in [1.82, 2.24) is 4.90 Å². The molecule has 0 saturated carbocycles. The van der Waals surface area contributed by atoms with Crippen molar-refractivity contribution in [3.05, 3.63) is 0 Å². The zero-order valence-corrected chi connectivity index (χ0v) is 7.27. The molecule has 66 valence electrons. The summed E-state index contributed by atoms with van der Waals surface area (Å²) >= 11 is 0. The summed E-state index contributed by atoms with van der Waals surface area (Å²) < 4.78 is 32.6. The van der Waals surface area contributed by atoms with Gasteiger partial charge in [-0.1, -0.05) is 0 Å². The summed E-state index contributed by atoms with van der Waals surface area (Å²) in [7, 11) is -2.46. The first kappa shape index (κ1) is 8.93. The summed E-state index contributed by atoms with van der Waals surface area (Å²) in [6.45, 7) is 0.875. The molecule has 1 unspecified atom stereocenters. The van der Waals surface area contributed by atoms with Gasteiger partial charge in [0.25, 0.3) is 0 Å². The summed E-state index contributed by atoms with van der Waals surface area (Å²) in [5, 5.41) is 0. The van der Waals surface area contributed by atoms with E-state index in [0.717, 1.165) is 19.4 Å². The normalized spacial score (nSPS) is 27.6. The van der Waals surface area contributed by atoms with Gasteiger partial charge in [0.2, 0.25) is 0 Å². The average molecular weight is 181 g/mol. The van der Waals surface area contributed by atoms with Crippen LogP contribution in [0.5, 0.6) is 0 Å². The molecule has 1 atom stereocenters. The van der Waals surface area contributed by atoms with Crippen molar-refractivity contribution < 1.29 is 12.3 Å². The fourth-order valence-corrected chi connectivity index (χ4v) is 2.30. The van der Waals surface area contributed by atoms with E-state index in [4.69, 9.17) is 0 Å². The lowest BCUT2D eigenvalue weighted by atomic mass is 10.2. The first-order chi connectivity index (χ1) is 4.99. The molecule has 0 aromatic carbocycles. The number of hydrogen-bond donors (Lipinski definition) is 0. The van der Waals surface area contributed by atoms with Crippen molar-refractivity contribution in [2.24, 2.45) is 0 Å². The largest absolute Gasteiger partial charge is 0.303 e. The van der Waals surface area contributed by atoms with Crippen LogP contribution in [-0.4, -0.2) is 38.7 Å². The van der Waals surface area contributed by atoms with Gasteiger partial charge >= 0.3 is 10.2 Å². The summed E-state index contributed by atoms with van der Waals surface area (Å²) in [6, 6.07) is -0.106. The van der Waals surface area contributed by atoms with Crippen molar-refractivity contribution in [3.8, 4) is 0 Å². The van der Waals surface area contributed by atoms with Crippen molar-refractivity contribution in [2.45, 2.75) is 18.9 Å². The van der Waals surface area contributed by atoms with Gasteiger partial charge in [0.1, 0.15) is 0 Å². The zero-order valence-electron chi connectivity index (χ0n) is 6.46. The summed E-state index contributed by atoms with van der Waals surface area (Å²) in [6.07, 6.45) is 1.76. The lowest BCUT2D eigenvalue weighted by Gasteiger charge is -2.16. The number of hydrogen-bond acceptors (Lipinski definition) is 3. The fourth-order valence-electron chi connectivity index (χ4n) is 1.42. The van der Waals surface area contributed by atoms with Crippen molar-refractivity contribution in [2.75, 3.05) is 19.3 Å². The third kappa shape index (κ3) is 2.75. The first-order valence-corrected chi connectivity index (χ1v) is 5.17. The Morgan fingerprint density at radius 2 is 2.27 bits per heavy atom. The van der Waals surface area contributed by atoms with Crippen LogP contribution in [0.4, 0.5) is 3.89 Å². The second-order valence-corrected chi connectivity index (χ2v) is 4.39. The van der Waals surface area contributed by atoms with E-state index in [1.54, 1.807) is 0 Å². The monoisotopic (exact) mass is 181 g/mol. The lowest BCUT2D eigenvalue weighted by molar-refractivity contribution is 0.329. The molecular formula is C6H12FNO2S. The SMILES string of the molecule is CN1CCCC1CS(=O)(=O)F. The Bertz CT molecular complexity index is 227. The smallest absolute Gasteiger partial charge is 0.302 e. The van der Waals surface area contributed by atoms with Gasteiger partial charge in [-0.15, -0.1) is 3.89 Å². The van der Waals surface area contributed by atoms with Gasteiger partial charge < -0.3 is 4.90 Å². The van der Waals surface area contributed by atoms with Gasteiger partial charge in [0.05, 0.1) is 5.75 Å². The van der Waals surface area contributed by atoms with Crippen LogP contribution in [0.25, 0.3) is 0 Å². The number of likely N-dealkylation sites (tertiary alicyclic amines) is 1. The Kier molecular flexibility index (Phi) is 2.49. The molecule has 1 heterocycles. The van der Waals surface area contributed by atoms with Gasteiger partial charge in [-0.05, 0) is 26.4 Å². The van der Waals surface area contributed by atoms with E-state index < -0.39 is 10.2 Å². The number of rotatable bonds is 2. The third-order valence-corrected chi connectivity index (χ3v) is 2.85. The van der Waals surface area contributed by atoms with Crippen molar-refractivity contribution in [3.63, 3.8) is 0 Å². The van der Waals surface area contributed by atoms with Crippen LogP contribution in [0.1, 0.15) is 12.8 Å². The maximum atomic E-state index is 12.2. The highest BCUT2D eigenvalue weighted by atomic mass is 32.3. The van der Waals surface area contributed by atoms with Crippen molar-refractivity contribution in [1.29, 1.82) is 0 Å². The number of halogens is 1. The molecule has 5 heteroatoms. The third-order valence-electron chi connectivity index (χ3n) is 2.06. The molecule has 3 nitrogen and oxygen atoms in total. The second kappa shape index (κ2) is 3.06. The summed E-state index contributed by atoms with van der Waals surface area (Å²) in [5.41, 5.74) is 0. The minimum absolute atomic E-state index is 0.106. The van der Waals surface area contributed by atoms with Crippen LogP contribution < -0.4 is 0 Å². The van der Waals surface area contributed by atoms with Gasteiger partial charge in [0, 0.05) is 6.04 Å². The van der Waals surface area contributed by atoms with Crippen LogP contribution in [0.15, 0.2) is 0 Å². The van der Waals surface area contributed by atoms with Gasteiger partial charge in [-0.3, -0.25) is 0 Å². The minimum atomic E-state index is -4.28. The second-order valence-electron chi connectivity index (χ2n) is 2.98. The summed E-state index contributed by atoms with van der Waals surface area (Å²) in [5.74, 6) is -0.344. The molecule has 11 heavy (non-hydrogen) atoms. The van der Waals surface area contributed by atoms with E-state index in [9.17, 15) is 12.3 Å². The first-order valence-electron chi connectivity index (χ1n) is 3.61. The molecule has 1 aliphatic rings. The van der Waals surface area contributed by atoms with E-state index in [-0.39, 0.29) is 11.8 Å². The van der Waals surface area contributed by atoms with Crippen LogP contribution in [0.3, 0.4) is 0 Å². The molecule has 0 amide bonds. The molecule has 1 aliphatic heterocycles. The van der Waals surface area contributed by atoms with Gasteiger partial charge in [-0.2, -0.15) is 8.42 Å². The predicted molar refractivity (Wildman–Crippen MR) is 40.5 cm³/mol. The molecule has 0 N–H and O–H groups in total. The van der Waals surface area contributed by atoms with Crippen LogP contribution in [-0.2, 0) is 10.2 Å². The Hall–Kier alpha value is -0.160. The zero-order chi connectivity index (χ0) is 8.48. The highest BCUT2D eigenvalue weighted by molar-refractivity contribution is 7.86. The highest BCUT2D eigenvalue weighted by Gasteiger charge is 2.25. The number of nitrogens with zero attached hydrogens (tertiary/aromatic N) is 1. The molecule has 0 bridgehead atoms. The standard InChI is InChI=1S/C6H12FNO2S/c1-8-4-2-3-6(8)5-11(7,9)10/h6H,2-5H2,1H3. The van der Waals surface area contributed by atoms with Crippen LogP contribution in [0.2, 0.25) is 0 Å². The van der Waals surface area contributed by atoms with E-state index in [1.807, 2.05) is 11.9 Å². The minimum Gasteiger partial charge on any atom is -0.302 e. The maximum Gasteiger partial charge on any atom is 0.303 e. The topological polar surface area (TPSA) is 37.4 Å². The average Bonchev–Trinajstić information content (AvgIpc) is 2.12.